The number of fused-ring (bicyclic) bond motifs is 1. The van der Waals surface area contributed by atoms with E-state index in [2.05, 4.69) is 9.97 Å². The summed E-state index contributed by atoms with van der Waals surface area (Å²) in [7, 11) is 0. The maximum atomic E-state index is 9.48. The van der Waals surface area contributed by atoms with Crippen molar-refractivity contribution in [1.82, 2.24) is 9.97 Å². The third-order valence-corrected chi connectivity index (χ3v) is 3.76. The molecule has 1 N–H and O–H groups in total. The largest absolute Gasteiger partial charge is 0.508 e. The molecule has 20 heavy (non-hydrogen) atoms. The molecule has 2 aromatic carbocycles. The molecule has 0 unspecified atom stereocenters. The van der Waals surface area contributed by atoms with Crippen molar-refractivity contribution in [1.29, 1.82) is 0 Å². The maximum Gasteiger partial charge on any atom is 0.161 e. The SMILES string of the molecule is Cc1ccc(-c2nc(Cl)c3cc(O)ccc3n2)cc1Cl. The fourth-order valence-electron chi connectivity index (χ4n) is 1.94. The molecule has 0 saturated carbocycles. The molecular weight excluding hydrogens is 295 g/mol. The first-order valence-corrected chi connectivity index (χ1v) is 6.73. The summed E-state index contributed by atoms with van der Waals surface area (Å²) in [6.45, 7) is 1.93. The molecule has 0 aliphatic rings. The second kappa shape index (κ2) is 4.93. The van der Waals surface area contributed by atoms with E-state index in [0.29, 0.717) is 26.9 Å². The molecule has 0 aliphatic carbocycles. The van der Waals surface area contributed by atoms with Gasteiger partial charge in [-0.05, 0) is 36.8 Å². The van der Waals surface area contributed by atoms with Crippen molar-refractivity contribution in [3.05, 3.63) is 52.1 Å². The highest BCUT2D eigenvalue weighted by molar-refractivity contribution is 6.34. The Morgan fingerprint density at radius 1 is 1.00 bits per heavy atom. The molecule has 0 spiro atoms. The molecule has 3 rings (SSSR count). The number of phenols is 1. The Labute approximate surface area is 125 Å². The molecule has 3 nitrogen and oxygen atoms in total. The summed E-state index contributed by atoms with van der Waals surface area (Å²) >= 11 is 12.3. The quantitative estimate of drug-likeness (QED) is 0.667. The van der Waals surface area contributed by atoms with E-state index in [1.165, 1.54) is 0 Å². The Balaban J connectivity index is 2.21. The van der Waals surface area contributed by atoms with Crippen LogP contribution in [0, 0.1) is 6.92 Å². The molecule has 1 heterocycles. The molecule has 0 radical (unpaired) electrons. The Kier molecular flexibility index (Phi) is 3.24. The van der Waals surface area contributed by atoms with Gasteiger partial charge in [-0.2, -0.15) is 0 Å². The topological polar surface area (TPSA) is 46.0 Å². The zero-order valence-electron chi connectivity index (χ0n) is 10.6. The normalized spacial score (nSPS) is 10.9. The number of nitrogens with zero attached hydrogens (tertiary/aromatic N) is 2. The molecule has 0 saturated heterocycles. The van der Waals surface area contributed by atoms with Crippen LogP contribution in [-0.4, -0.2) is 15.1 Å². The van der Waals surface area contributed by atoms with Gasteiger partial charge in [-0.3, -0.25) is 0 Å². The van der Waals surface area contributed by atoms with Gasteiger partial charge < -0.3 is 5.11 Å². The zero-order valence-corrected chi connectivity index (χ0v) is 12.1. The second-order valence-corrected chi connectivity index (χ2v) is 5.27. The van der Waals surface area contributed by atoms with Crippen LogP contribution < -0.4 is 0 Å². The fraction of sp³-hybridized carbons (Fsp3) is 0.0667. The summed E-state index contributed by atoms with van der Waals surface area (Å²) in [6, 6.07) is 10.4. The van der Waals surface area contributed by atoms with E-state index < -0.39 is 0 Å². The van der Waals surface area contributed by atoms with Crippen molar-refractivity contribution in [2.75, 3.05) is 0 Å². The van der Waals surface area contributed by atoms with Gasteiger partial charge in [0.15, 0.2) is 5.82 Å². The average molecular weight is 305 g/mol. The minimum Gasteiger partial charge on any atom is -0.508 e. The van der Waals surface area contributed by atoms with Gasteiger partial charge in [0.05, 0.1) is 5.52 Å². The molecule has 1 aromatic heterocycles. The summed E-state index contributed by atoms with van der Waals surface area (Å²) in [4.78, 5) is 8.72. The number of rotatable bonds is 1. The highest BCUT2D eigenvalue weighted by Crippen LogP contribution is 2.29. The Morgan fingerprint density at radius 2 is 1.80 bits per heavy atom. The minimum atomic E-state index is 0.133. The van der Waals surface area contributed by atoms with Gasteiger partial charge in [0.1, 0.15) is 10.9 Å². The van der Waals surface area contributed by atoms with E-state index in [-0.39, 0.29) is 5.75 Å². The summed E-state index contributed by atoms with van der Waals surface area (Å²) < 4.78 is 0. The van der Waals surface area contributed by atoms with E-state index in [1.807, 2.05) is 25.1 Å². The van der Waals surface area contributed by atoms with Crippen LogP contribution in [0.25, 0.3) is 22.3 Å². The third kappa shape index (κ3) is 2.30. The van der Waals surface area contributed by atoms with E-state index in [1.54, 1.807) is 18.2 Å². The Hall–Kier alpha value is -1.84. The number of aromatic hydroxyl groups is 1. The molecule has 0 fully saturated rings. The van der Waals surface area contributed by atoms with Crippen LogP contribution in [0.4, 0.5) is 0 Å². The van der Waals surface area contributed by atoms with Crippen LogP contribution in [0.2, 0.25) is 10.2 Å². The number of hydrogen-bond acceptors (Lipinski definition) is 3. The van der Waals surface area contributed by atoms with Gasteiger partial charge >= 0.3 is 0 Å². The van der Waals surface area contributed by atoms with Crippen LogP contribution in [0.15, 0.2) is 36.4 Å². The van der Waals surface area contributed by atoms with Crippen molar-refractivity contribution in [2.45, 2.75) is 6.92 Å². The first kappa shape index (κ1) is 13.2. The highest BCUT2D eigenvalue weighted by Gasteiger charge is 2.09. The predicted molar refractivity (Wildman–Crippen MR) is 81.4 cm³/mol. The van der Waals surface area contributed by atoms with Crippen LogP contribution >= 0.6 is 23.2 Å². The van der Waals surface area contributed by atoms with E-state index in [9.17, 15) is 5.11 Å². The van der Waals surface area contributed by atoms with Gasteiger partial charge in [0.25, 0.3) is 0 Å². The molecular formula is C15H10Cl2N2O. The standard InChI is InChI=1S/C15H10Cl2N2O/c1-8-2-3-9(6-12(8)16)15-18-13-5-4-10(20)7-11(13)14(17)19-15/h2-7,20H,1H3. The summed E-state index contributed by atoms with van der Waals surface area (Å²) in [5.41, 5.74) is 2.47. The van der Waals surface area contributed by atoms with E-state index in [0.717, 1.165) is 11.1 Å². The van der Waals surface area contributed by atoms with Gasteiger partial charge in [-0.1, -0.05) is 35.3 Å². The summed E-state index contributed by atoms with van der Waals surface area (Å²) in [5.74, 6) is 0.643. The van der Waals surface area contributed by atoms with Crippen molar-refractivity contribution in [2.24, 2.45) is 0 Å². The fourth-order valence-corrected chi connectivity index (χ4v) is 2.35. The lowest BCUT2D eigenvalue weighted by atomic mass is 10.1. The number of hydrogen-bond donors (Lipinski definition) is 1. The first-order valence-electron chi connectivity index (χ1n) is 5.97. The average Bonchev–Trinajstić information content (AvgIpc) is 2.42. The van der Waals surface area contributed by atoms with Crippen LogP contribution in [-0.2, 0) is 0 Å². The summed E-state index contributed by atoms with van der Waals surface area (Å²) in [6.07, 6.45) is 0. The lowest BCUT2D eigenvalue weighted by molar-refractivity contribution is 0.476. The van der Waals surface area contributed by atoms with E-state index in [4.69, 9.17) is 23.2 Å². The number of aromatic nitrogens is 2. The van der Waals surface area contributed by atoms with Gasteiger partial charge in [-0.25, -0.2) is 9.97 Å². The zero-order chi connectivity index (χ0) is 14.3. The highest BCUT2D eigenvalue weighted by atomic mass is 35.5. The van der Waals surface area contributed by atoms with Crippen LogP contribution in [0.5, 0.6) is 5.75 Å². The van der Waals surface area contributed by atoms with Crippen molar-refractivity contribution in [3.63, 3.8) is 0 Å². The lowest BCUT2D eigenvalue weighted by Crippen LogP contribution is -1.92. The van der Waals surface area contributed by atoms with Crippen molar-refractivity contribution >= 4 is 34.1 Å². The minimum absolute atomic E-state index is 0.133. The smallest absolute Gasteiger partial charge is 0.161 e. The number of benzene rings is 2. The molecule has 5 heteroatoms. The van der Waals surface area contributed by atoms with Gasteiger partial charge in [0, 0.05) is 16.0 Å². The molecule has 0 aliphatic heterocycles. The van der Waals surface area contributed by atoms with Crippen molar-refractivity contribution in [3.8, 4) is 17.1 Å². The Morgan fingerprint density at radius 3 is 2.55 bits per heavy atom. The molecule has 100 valence electrons. The number of phenolic OH excluding ortho intramolecular Hbond substituents is 1. The molecule has 0 atom stereocenters. The van der Waals surface area contributed by atoms with Crippen LogP contribution in [0.3, 0.4) is 0 Å². The monoisotopic (exact) mass is 304 g/mol. The van der Waals surface area contributed by atoms with Crippen LogP contribution in [0.1, 0.15) is 5.56 Å². The molecule has 0 bridgehead atoms. The lowest BCUT2D eigenvalue weighted by Gasteiger charge is -2.06. The number of aryl methyl sites for hydroxylation is 1. The molecule has 0 amide bonds. The summed E-state index contributed by atoms with van der Waals surface area (Å²) in [5, 5.41) is 11.1. The van der Waals surface area contributed by atoms with Crippen molar-refractivity contribution < 1.29 is 5.11 Å². The maximum absolute atomic E-state index is 9.48. The first-order chi connectivity index (χ1) is 9.54. The van der Waals surface area contributed by atoms with Gasteiger partial charge in [0.2, 0.25) is 0 Å². The second-order valence-electron chi connectivity index (χ2n) is 4.50. The third-order valence-electron chi connectivity index (χ3n) is 3.06. The molecule has 3 aromatic rings. The Bertz CT molecular complexity index is 818. The van der Waals surface area contributed by atoms with E-state index >= 15 is 0 Å². The predicted octanol–water partition coefficient (Wildman–Crippen LogP) is 4.62. The van der Waals surface area contributed by atoms with Gasteiger partial charge in [-0.15, -0.1) is 0 Å². The number of halogens is 2.